The number of amides is 1. The summed E-state index contributed by atoms with van der Waals surface area (Å²) in [5.74, 6) is -0.206. The molecule has 23 heavy (non-hydrogen) atoms. The van der Waals surface area contributed by atoms with Crippen molar-refractivity contribution in [1.29, 1.82) is 0 Å². The fourth-order valence-electron chi connectivity index (χ4n) is 2.63. The van der Waals surface area contributed by atoms with Crippen LogP contribution in [0.25, 0.3) is 5.52 Å². The van der Waals surface area contributed by atoms with Crippen LogP contribution in [0.15, 0.2) is 54.7 Å². The first-order chi connectivity index (χ1) is 11.0. The fourth-order valence-corrected chi connectivity index (χ4v) is 2.63. The number of hydrogen-bond donors (Lipinski definition) is 0. The minimum Gasteiger partial charge on any atom is -0.345 e. The second kappa shape index (κ2) is 5.72. The van der Waals surface area contributed by atoms with Crippen LogP contribution in [-0.2, 0) is 0 Å². The Kier molecular flexibility index (Phi) is 3.74. The van der Waals surface area contributed by atoms with Gasteiger partial charge in [0.25, 0.3) is 5.91 Å². The van der Waals surface area contributed by atoms with Crippen LogP contribution in [-0.4, -0.2) is 35.1 Å². The molecule has 2 aromatic heterocycles. The molecule has 4 nitrogen and oxygen atoms in total. The van der Waals surface area contributed by atoms with Crippen molar-refractivity contribution < 1.29 is 9.59 Å². The molecule has 0 aliphatic rings. The number of aromatic nitrogens is 1. The molecule has 1 amide bonds. The van der Waals surface area contributed by atoms with Gasteiger partial charge in [-0.3, -0.25) is 9.59 Å². The van der Waals surface area contributed by atoms with Gasteiger partial charge in [-0.25, -0.2) is 0 Å². The summed E-state index contributed by atoms with van der Waals surface area (Å²) >= 11 is 0. The van der Waals surface area contributed by atoms with Gasteiger partial charge in [0.1, 0.15) is 0 Å². The van der Waals surface area contributed by atoms with Crippen LogP contribution < -0.4 is 0 Å². The van der Waals surface area contributed by atoms with Crippen LogP contribution in [0.3, 0.4) is 0 Å². The zero-order valence-electron chi connectivity index (χ0n) is 13.4. The van der Waals surface area contributed by atoms with Crippen LogP contribution in [0.5, 0.6) is 0 Å². The Morgan fingerprint density at radius 1 is 1.00 bits per heavy atom. The molecular weight excluding hydrogens is 288 g/mol. The van der Waals surface area contributed by atoms with Gasteiger partial charge >= 0.3 is 0 Å². The number of pyridine rings is 1. The lowest BCUT2D eigenvalue weighted by molar-refractivity contribution is 0.0829. The van der Waals surface area contributed by atoms with E-state index in [1.54, 1.807) is 36.7 Å². The van der Waals surface area contributed by atoms with Crippen LogP contribution in [0.2, 0.25) is 0 Å². The zero-order chi connectivity index (χ0) is 16.6. The Morgan fingerprint density at radius 2 is 1.70 bits per heavy atom. The lowest BCUT2D eigenvalue weighted by atomic mass is 10.1. The molecule has 116 valence electrons. The molecule has 0 saturated carbocycles. The normalized spacial score (nSPS) is 10.7. The van der Waals surface area contributed by atoms with E-state index in [0.29, 0.717) is 16.8 Å². The molecule has 0 aliphatic carbocycles. The summed E-state index contributed by atoms with van der Waals surface area (Å²) in [7, 11) is 3.42. The number of benzene rings is 1. The van der Waals surface area contributed by atoms with E-state index in [4.69, 9.17) is 0 Å². The summed E-state index contributed by atoms with van der Waals surface area (Å²) < 4.78 is 1.79. The molecule has 0 fully saturated rings. The van der Waals surface area contributed by atoms with E-state index in [1.807, 2.05) is 43.5 Å². The van der Waals surface area contributed by atoms with Crippen molar-refractivity contribution in [2.45, 2.75) is 6.92 Å². The summed E-state index contributed by atoms with van der Waals surface area (Å²) in [4.78, 5) is 26.8. The van der Waals surface area contributed by atoms with Gasteiger partial charge in [-0.15, -0.1) is 0 Å². The molecule has 0 bridgehead atoms. The predicted molar refractivity (Wildman–Crippen MR) is 90.0 cm³/mol. The quantitative estimate of drug-likeness (QED) is 0.697. The van der Waals surface area contributed by atoms with E-state index < -0.39 is 0 Å². The number of carbonyl (C=O) groups excluding carboxylic acids is 2. The average molecular weight is 306 g/mol. The van der Waals surface area contributed by atoms with Gasteiger partial charge in [0.05, 0.1) is 16.8 Å². The van der Waals surface area contributed by atoms with Crippen molar-refractivity contribution in [2.24, 2.45) is 0 Å². The lowest BCUT2D eigenvalue weighted by Crippen LogP contribution is -2.21. The molecule has 0 atom stereocenters. The van der Waals surface area contributed by atoms with Crippen molar-refractivity contribution in [3.05, 3.63) is 77.1 Å². The zero-order valence-corrected chi connectivity index (χ0v) is 13.4. The van der Waals surface area contributed by atoms with Crippen molar-refractivity contribution in [1.82, 2.24) is 9.30 Å². The highest BCUT2D eigenvalue weighted by molar-refractivity contribution is 6.11. The Labute approximate surface area is 135 Å². The third-order valence-corrected chi connectivity index (χ3v) is 3.83. The standard InChI is InChI=1S/C19H18N2O2/c1-13-9-10-21-16(11-13)15(19(23)20(2)3)12-17(21)18(22)14-7-5-4-6-8-14/h4-12H,1-3H3. The van der Waals surface area contributed by atoms with Crippen molar-refractivity contribution >= 4 is 17.2 Å². The summed E-state index contributed by atoms with van der Waals surface area (Å²) in [6, 6.07) is 14.6. The fraction of sp³-hybridized carbons (Fsp3) is 0.158. The maximum atomic E-state index is 12.8. The molecule has 0 spiro atoms. The Balaban J connectivity index is 2.22. The Bertz CT molecular complexity index is 892. The monoisotopic (exact) mass is 306 g/mol. The predicted octanol–water partition coefficient (Wildman–Crippen LogP) is 3.18. The molecule has 0 radical (unpaired) electrons. The molecule has 4 heteroatoms. The molecule has 0 unspecified atom stereocenters. The smallest absolute Gasteiger partial charge is 0.255 e. The Morgan fingerprint density at radius 3 is 2.35 bits per heavy atom. The van der Waals surface area contributed by atoms with E-state index in [-0.39, 0.29) is 11.7 Å². The van der Waals surface area contributed by atoms with Gasteiger partial charge < -0.3 is 9.30 Å². The summed E-state index contributed by atoms with van der Waals surface area (Å²) in [5.41, 5.74) is 3.44. The van der Waals surface area contributed by atoms with Crippen molar-refractivity contribution in [3.8, 4) is 0 Å². The molecule has 3 rings (SSSR count). The number of aryl methyl sites for hydroxylation is 1. The minimum atomic E-state index is -0.111. The first kappa shape index (κ1) is 15.0. The van der Waals surface area contributed by atoms with Gasteiger partial charge in [0.2, 0.25) is 5.78 Å². The molecule has 1 aromatic carbocycles. The van der Waals surface area contributed by atoms with Crippen LogP contribution in [0.4, 0.5) is 0 Å². The highest BCUT2D eigenvalue weighted by Gasteiger charge is 2.21. The van der Waals surface area contributed by atoms with E-state index in [2.05, 4.69) is 0 Å². The highest BCUT2D eigenvalue weighted by atomic mass is 16.2. The van der Waals surface area contributed by atoms with Gasteiger partial charge in [-0.1, -0.05) is 30.3 Å². The molecule has 0 N–H and O–H groups in total. The largest absolute Gasteiger partial charge is 0.345 e. The maximum absolute atomic E-state index is 12.8. The SMILES string of the molecule is Cc1ccn2c(C(=O)c3ccccc3)cc(C(=O)N(C)C)c2c1. The lowest BCUT2D eigenvalue weighted by Gasteiger charge is -2.09. The molecule has 2 heterocycles. The number of nitrogens with zero attached hydrogens (tertiary/aromatic N) is 2. The van der Waals surface area contributed by atoms with Gasteiger partial charge in [0, 0.05) is 25.9 Å². The molecular formula is C19H18N2O2. The minimum absolute atomic E-state index is 0.0951. The second-order valence-electron chi connectivity index (χ2n) is 5.80. The summed E-state index contributed by atoms with van der Waals surface area (Å²) in [6.45, 7) is 1.97. The van der Waals surface area contributed by atoms with Gasteiger partial charge in [0.15, 0.2) is 0 Å². The Hall–Kier alpha value is -2.88. The van der Waals surface area contributed by atoms with Crippen LogP contribution in [0.1, 0.15) is 32.0 Å². The van der Waals surface area contributed by atoms with Crippen LogP contribution >= 0.6 is 0 Å². The van der Waals surface area contributed by atoms with Crippen LogP contribution in [0, 0.1) is 6.92 Å². The first-order valence-corrected chi connectivity index (χ1v) is 7.42. The van der Waals surface area contributed by atoms with Gasteiger partial charge in [-0.05, 0) is 30.7 Å². The van der Waals surface area contributed by atoms with Crippen molar-refractivity contribution in [2.75, 3.05) is 14.1 Å². The molecule has 0 saturated heterocycles. The number of carbonyl (C=O) groups is 2. The number of ketones is 1. The third-order valence-electron chi connectivity index (χ3n) is 3.83. The summed E-state index contributed by atoms with van der Waals surface area (Å²) in [6.07, 6.45) is 1.84. The van der Waals surface area contributed by atoms with E-state index in [1.165, 1.54) is 4.90 Å². The summed E-state index contributed by atoms with van der Waals surface area (Å²) in [5, 5.41) is 0. The number of fused-ring (bicyclic) bond motifs is 1. The first-order valence-electron chi connectivity index (χ1n) is 7.42. The molecule has 3 aromatic rings. The van der Waals surface area contributed by atoms with Crippen molar-refractivity contribution in [3.63, 3.8) is 0 Å². The molecule has 0 aliphatic heterocycles. The topological polar surface area (TPSA) is 41.8 Å². The second-order valence-corrected chi connectivity index (χ2v) is 5.80. The average Bonchev–Trinajstić information content (AvgIpc) is 2.92. The number of hydrogen-bond acceptors (Lipinski definition) is 2. The number of rotatable bonds is 3. The third kappa shape index (κ3) is 2.63. The highest BCUT2D eigenvalue weighted by Crippen LogP contribution is 2.22. The van der Waals surface area contributed by atoms with Gasteiger partial charge in [-0.2, -0.15) is 0 Å². The maximum Gasteiger partial charge on any atom is 0.255 e. The van der Waals surface area contributed by atoms with E-state index in [9.17, 15) is 9.59 Å². The van der Waals surface area contributed by atoms with E-state index in [0.717, 1.165) is 11.1 Å². The van der Waals surface area contributed by atoms with E-state index >= 15 is 0 Å².